The van der Waals surface area contributed by atoms with Gasteiger partial charge in [-0.1, -0.05) is 18.2 Å². The SMILES string of the molecule is COc1cc2c(cc1OC)CN(C(=O)CCNc1c(C)cccc1C)CC2. The van der Waals surface area contributed by atoms with Crippen LogP contribution in [0.15, 0.2) is 30.3 Å². The lowest BCUT2D eigenvalue weighted by atomic mass is 9.98. The summed E-state index contributed by atoms with van der Waals surface area (Å²) in [5, 5.41) is 3.42. The van der Waals surface area contributed by atoms with Gasteiger partial charge in [-0.05, 0) is 54.7 Å². The van der Waals surface area contributed by atoms with Crippen molar-refractivity contribution in [2.45, 2.75) is 33.2 Å². The number of fused-ring (bicyclic) bond motifs is 1. The number of rotatable bonds is 6. The van der Waals surface area contributed by atoms with Crippen LogP contribution in [0.25, 0.3) is 0 Å². The first-order valence-electron chi connectivity index (χ1n) is 9.35. The summed E-state index contributed by atoms with van der Waals surface area (Å²) in [4.78, 5) is 14.6. The van der Waals surface area contributed by atoms with Crippen molar-refractivity contribution in [1.82, 2.24) is 4.90 Å². The number of para-hydroxylation sites is 1. The van der Waals surface area contributed by atoms with Crippen LogP contribution in [0.4, 0.5) is 5.69 Å². The molecule has 1 heterocycles. The fourth-order valence-corrected chi connectivity index (χ4v) is 3.64. The molecule has 0 saturated heterocycles. The van der Waals surface area contributed by atoms with E-state index in [4.69, 9.17) is 9.47 Å². The minimum atomic E-state index is 0.175. The number of carbonyl (C=O) groups is 1. The van der Waals surface area contributed by atoms with Crippen molar-refractivity contribution in [1.29, 1.82) is 0 Å². The molecule has 27 heavy (non-hydrogen) atoms. The summed E-state index contributed by atoms with van der Waals surface area (Å²) < 4.78 is 10.8. The fraction of sp³-hybridized carbons (Fsp3) is 0.409. The summed E-state index contributed by atoms with van der Waals surface area (Å²) >= 11 is 0. The van der Waals surface area contributed by atoms with Gasteiger partial charge in [0.2, 0.25) is 5.91 Å². The van der Waals surface area contributed by atoms with Gasteiger partial charge in [0.1, 0.15) is 0 Å². The van der Waals surface area contributed by atoms with Crippen molar-refractivity contribution in [2.24, 2.45) is 0 Å². The third-order valence-corrected chi connectivity index (χ3v) is 5.19. The Morgan fingerprint density at radius 2 is 1.70 bits per heavy atom. The first kappa shape index (κ1) is 19.1. The highest BCUT2D eigenvalue weighted by Gasteiger charge is 2.22. The van der Waals surface area contributed by atoms with E-state index < -0.39 is 0 Å². The van der Waals surface area contributed by atoms with Crippen LogP contribution >= 0.6 is 0 Å². The zero-order valence-corrected chi connectivity index (χ0v) is 16.6. The van der Waals surface area contributed by atoms with E-state index >= 15 is 0 Å². The number of aryl methyl sites for hydroxylation is 2. The van der Waals surface area contributed by atoms with Gasteiger partial charge in [-0.2, -0.15) is 0 Å². The van der Waals surface area contributed by atoms with Crippen LogP contribution < -0.4 is 14.8 Å². The van der Waals surface area contributed by atoms with Gasteiger partial charge in [-0.25, -0.2) is 0 Å². The van der Waals surface area contributed by atoms with Crippen LogP contribution in [0.1, 0.15) is 28.7 Å². The van der Waals surface area contributed by atoms with Crippen LogP contribution in [-0.4, -0.2) is 38.1 Å². The Morgan fingerprint density at radius 1 is 1.07 bits per heavy atom. The maximum absolute atomic E-state index is 12.7. The van der Waals surface area contributed by atoms with Crippen molar-refractivity contribution >= 4 is 11.6 Å². The Labute approximate surface area is 161 Å². The molecule has 0 bridgehead atoms. The number of methoxy groups -OCH3 is 2. The number of anilines is 1. The Bertz CT molecular complexity index is 812. The van der Waals surface area contributed by atoms with Gasteiger partial charge in [0, 0.05) is 31.7 Å². The van der Waals surface area contributed by atoms with Crippen molar-refractivity contribution in [3.8, 4) is 11.5 Å². The number of benzene rings is 2. The maximum Gasteiger partial charge on any atom is 0.224 e. The quantitative estimate of drug-likeness (QED) is 0.845. The zero-order chi connectivity index (χ0) is 19.4. The van der Waals surface area contributed by atoms with Gasteiger partial charge in [-0.15, -0.1) is 0 Å². The second kappa shape index (κ2) is 8.33. The summed E-state index contributed by atoms with van der Waals surface area (Å²) in [5.41, 5.74) is 5.90. The first-order valence-corrected chi connectivity index (χ1v) is 9.35. The lowest BCUT2D eigenvalue weighted by Crippen LogP contribution is -2.36. The van der Waals surface area contributed by atoms with E-state index in [0.717, 1.165) is 30.0 Å². The highest BCUT2D eigenvalue weighted by molar-refractivity contribution is 5.77. The number of nitrogens with one attached hydrogen (secondary N) is 1. The summed E-state index contributed by atoms with van der Waals surface area (Å²) in [6.07, 6.45) is 1.32. The number of hydrogen-bond acceptors (Lipinski definition) is 4. The molecule has 2 aromatic carbocycles. The van der Waals surface area contributed by atoms with Crippen LogP contribution in [0.3, 0.4) is 0 Å². The Kier molecular flexibility index (Phi) is 5.89. The maximum atomic E-state index is 12.7. The van der Waals surface area contributed by atoms with E-state index in [1.165, 1.54) is 16.7 Å². The molecule has 1 aliphatic heterocycles. The molecule has 0 saturated carbocycles. The number of hydrogen-bond donors (Lipinski definition) is 1. The largest absolute Gasteiger partial charge is 0.493 e. The monoisotopic (exact) mass is 368 g/mol. The molecule has 0 fully saturated rings. The highest BCUT2D eigenvalue weighted by atomic mass is 16.5. The van der Waals surface area contributed by atoms with Crippen LogP contribution in [-0.2, 0) is 17.8 Å². The number of ether oxygens (including phenoxy) is 2. The van der Waals surface area contributed by atoms with Crippen LogP contribution in [0.2, 0.25) is 0 Å². The average Bonchev–Trinajstić information content (AvgIpc) is 2.68. The minimum absolute atomic E-state index is 0.175. The molecule has 1 N–H and O–H groups in total. The first-order chi connectivity index (χ1) is 13.0. The van der Waals surface area contributed by atoms with E-state index in [-0.39, 0.29) is 5.91 Å². The van der Waals surface area contributed by atoms with Crippen molar-refractivity contribution in [2.75, 3.05) is 32.6 Å². The molecule has 5 nitrogen and oxygen atoms in total. The predicted molar refractivity (Wildman–Crippen MR) is 108 cm³/mol. The third-order valence-electron chi connectivity index (χ3n) is 5.19. The minimum Gasteiger partial charge on any atom is -0.493 e. The molecule has 0 atom stereocenters. The molecule has 0 unspecified atom stereocenters. The van der Waals surface area contributed by atoms with Crippen LogP contribution in [0.5, 0.6) is 11.5 Å². The summed E-state index contributed by atoms with van der Waals surface area (Å²) in [7, 11) is 3.28. The Balaban J connectivity index is 1.61. The number of amides is 1. The molecular formula is C22H28N2O3. The van der Waals surface area contributed by atoms with E-state index in [1.54, 1.807) is 14.2 Å². The molecule has 144 valence electrons. The second-order valence-corrected chi connectivity index (χ2v) is 6.98. The predicted octanol–water partition coefficient (Wildman–Crippen LogP) is 3.71. The van der Waals surface area contributed by atoms with Gasteiger partial charge in [-0.3, -0.25) is 4.79 Å². The van der Waals surface area contributed by atoms with Gasteiger partial charge in [0.25, 0.3) is 0 Å². The molecule has 2 aromatic rings. The Morgan fingerprint density at radius 3 is 2.33 bits per heavy atom. The molecule has 5 heteroatoms. The summed E-state index contributed by atoms with van der Waals surface area (Å²) in [6.45, 7) is 6.17. The standard InChI is InChI=1S/C22H28N2O3/c1-15-6-5-7-16(2)22(15)23-10-8-21(25)24-11-9-17-12-19(26-3)20(27-4)13-18(17)14-24/h5-7,12-13,23H,8-11,14H2,1-4H3. The summed E-state index contributed by atoms with van der Waals surface area (Å²) in [6, 6.07) is 10.2. The lowest BCUT2D eigenvalue weighted by Gasteiger charge is -2.30. The molecule has 1 aliphatic rings. The van der Waals surface area contributed by atoms with Crippen molar-refractivity contribution in [3.05, 3.63) is 52.6 Å². The van der Waals surface area contributed by atoms with Gasteiger partial charge >= 0.3 is 0 Å². The Hall–Kier alpha value is -2.69. The molecule has 0 radical (unpaired) electrons. The van der Waals surface area contributed by atoms with Crippen molar-refractivity contribution < 1.29 is 14.3 Å². The van der Waals surface area contributed by atoms with Gasteiger partial charge < -0.3 is 19.7 Å². The van der Waals surface area contributed by atoms with Gasteiger partial charge in [0.05, 0.1) is 14.2 Å². The molecule has 3 rings (SSSR count). The zero-order valence-electron chi connectivity index (χ0n) is 16.6. The smallest absolute Gasteiger partial charge is 0.224 e. The van der Waals surface area contributed by atoms with E-state index in [2.05, 4.69) is 37.4 Å². The number of carbonyl (C=O) groups excluding carboxylic acids is 1. The third kappa shape index (κ3) is 4.18. The summed E-state index contributed by atoms with van der Waals surface area (Å²) in [5.74, 6) is 1.63. The second-order valence-electron chi connectivity index (χ2n) is 6.98. The highest BCUT2D eigenvalue weighted by Crippen LogP contribution is 2.33. The lowest BCUT2D eigenvalue weighted by molar-refractivity contribution is -0.131. The van der Waals surface area contributed by atoms with Gasteiger partial charge in [0.15, 0.2) is 11.5 Å². The normalized spacial score (nSPS) is 13.1. The number of nitrogens with zero attached hydrogens (tertiary/aromatic N) is 1. The fourth-order valence-electron chi connectivity index (χ4n) is 3.64. The average molecular weight is 368 g/mol. The van der Waals surface area contributed by atoms with Crippen molar-refractivity contribution in [3.63, 3.8) is 0 Å². The van der Waals surface area contributed by atoms with E-state index in [1.807, 2.05) is 17.0 Å². The van der Waals surface area contributed by atoms with E-state index in [0.29, 0.717) is 25.3 Å². The molecule has 0 aliphatic carbocycles. The molecule has 0 spiro atoms. The topological polar surface area (TPSA) is 50.8 Å². The molecular weight excluding hydrogens is 340 g/mol. The van der Waals surface area contributed by atoms with Crippen LogP contribution in [0, 0.1) is 13.8 Å². The molecule has 0 aromatic heterocycles. The molecule has 1 amide bonds. The van der Waals surface area contributed by atoms with E-state index in [9.17, 15) is 4.79 Å².